The van der Waals surface area contributed by atoms with E-state index >= 15 is 0 Å². The van der Waals surface area contributed by atoms with Gasteiger partial charge in [-0.05, 0) is 12.3 Å². The van der Waals surface area contributed by atoms with E-state index in [9.17, 15) is 0 Å². The second kappa shape index (κ2) is 2.94. The Hall–Kier alpha value is -0.770. The Morgan fingerprint density at radius 2 is 2.17 bits per heavy atom. The topological polar surface area (TPSA) is 62.3 Å². The average molecular weight is 169 g/mol. The monoisotopic (exact) mass is 169 g/mol. The van der Waals surface area contributed by atoms with Crippen molar-refractivity contribution in [3.63, 3.8) is 0 Å². The lowest BCUT2D eigenvalue weighted by molar-refractivity contribution is 0.181. The van der Waals surface area contributed by atoms with Crippen LogP contribution in [0.3, 0.4) is 0 Å². The summed E-state index contributed by atoms with van der Waals surface area (Å²) in [4.78, 5) is 1.94. The third-order valence-corrected chi connectivity index (χ3v) is 2.90. The minimum atomic E-state index is 0.209. The molecular formula is C8H15N3O. The molecule has 0 aliphatic carbocycles. The van der Waals surface area contributed by atoms with Gasteiger partial charge in [0.2, 0.25) is 0 Å². The number of hydrogen-bond acceptors (Lipinski definition) is 2. The summed E-state index contributed by atoms with van der Waals surface area (Å²) < 4.78 is 5.38. The van der Waals surface area contributed by atoms with Gasteiger partial charge < -0.3 is 15.4 Å². The van der Waals surface area contributed by atoms with Crippen molar-refractivity contribution >= 4 is 5.96 Å². The lowest BCUT2D eigenvalue weighted by Crippen LogP contribution is -2.46. The van der Waals surface area contributed by atoms with Gasteiger partial charge in [-0.25, -0.2) is 0 Å². The summed E-state index contributed by atoms with van der Waals surface area (Å²) in [6, 6.07) is 0. The zero-order valence-corrected chi connectivity index (χ0v) is 7.12. The van der Waals surface area contributed by atoms with Gasteiger partial charge in [0.25, 0.3) is 0 Å². The molecule has 2 aliphatic heterocycles. The van der Waals surface area contributed by atoms with Crippen LogP contribution in [0.15, 0.2) is 0 Å². The maximum Gasteiger partial charge on any atom is 0.188 e. The minimum Gasteiger partial charge on any atom is -0.381 e. The number of nitrogens with two attached hydrogens (primary N) is 1. The molecule has 0 saturated carbocycles. The first kappa shape index (κ1) is 7.86. The van der Waals surface area contributed by atoms with Crippen molar-refractivity contribution < 1.29 is 4.74 Å². The average Bonchev–Trinajstić information content (AvgIpc) is 2.49. The standard InChI is InChI=1S/C8H15N3O/c9-8(10)11-2-1-6-4-12-5-7(6)3-11/h6-7H,1-5H2,(H3,9,10)/t6-,7+/m1/s1. The minimum absolute atomic E-state index is 0.209. The largest absolute Gasteiger partial charge is 0.381 e. The quantitative estimate of drug-likeness (QED) is 0.391. The molecule has 2 rings (SSSR count). The van der Waals surface area contributed by atoms with Crippen LogP contribution in [-0.4, -0.2) is 37.2 Å². The van der Waals surface area contributed by atoms with Crippen LogP contribution in [-0.2, 0) is 4.74 Å². The molecule has 2 atom stereocenters. The second-order valence-corrected chi connectivity index (χ2v) is 3.68. The highest BCUT2D eigenvalue weighted by atomic mass is 16.5. The predicted octanol–water partition coefficient (Wildman–Crippen LogP) is -0.152. The molecule has 0 unspecified atom stereocenters. The molecule has 0 aromatic heterocycles. The van der Waals surface area contributed by atoms with Gasteiger partial charge in [0.1, 0.15) is 0 Å². The van der Waals surface area contributed by atoms with E-state index < -0.39 is 0 Å². The van der Waals surface area contributed by atoms with E-state index in [0.29, 0.717) is 5.92 Å². The molecule has 4 nitrogen and oxygen atoms in total. The maximum atomic E-state index is 7.30. The Morgan fingerprint density at radius 3 is 2.92 bits per heavy atom. The fourth-order valence-electron chi connectivity index (χ4n) is 2.08. The van der Waals surface area contributed by atoms with Gasteiger partial charge >= 0.3 is 0 Å². The van der Waals surface area contributed by atoms with Crippen LogP contribution < -0.4 is 5.73 Å². The Kier molecular flexibility index (Phi) is 1.92. The third-order valence-electron chi connectivity index (χ3n) is 2.90. The summed E-state index contributed by atoms with van der Waals surface area (Å²) in [6.07, 6.45) is 1.13. The zero-order valence-electron chi connectivity index (χ0n) is 7.12. The summed E-state index contributed by atoms with van der Waals surface area (Å²) >= 11 is 0. The van der Waals surface area contributed by atoms with Crippen LogP contribution in [0.4, 0.5) is 0 Å². The number of nitrogens with zero attached hydrogens (tertiary/aromatic N) is 1. The molecule has 4 heteroatoms. The van der Waals surface area contributed by atoms with E-state index in [1.807, 2.05) is 4.90 Å². The van der Waals surface area contributed by atoms with Crippen LogP contribution in [0.1, 0.15) is 6.42 Å². The molecule has 0 aromatic carbocycles. The first-order valence-corrected chi connectivity index (χ1v) is 4.44. The molecule has 3 N–H and O–H groups in total. The van der Waals surface area contributed by atoms with Crippen LogP contribution in [0.2, 0.25) is 0 Å². The highest BCUT2D eigenvalue weighted by Crippen LogP contribution is 2.28. The van der Waals surface area contributed by atoms with Gasteiger partial charge in [0.05, 0.1) is 6.61 Å². The lowest BCUT2D eigenvalue weighted by atomic mass is 9.89. The number of nitrogens with one attached hydrogen (secondary N) is 1. The number of guanidine groups is 1. The highest BCUT2D eigenvalue weighted by Gasteiger charge is 2.33. The van der Waals surface area contributed by atoms with Crippen molar-refractivity contribution in [3.05, 3.63) is 0 Å². The van der Waals surface area contributed by atoms with Crippen LogP contribution in [0.25, 0.3) is 0 Å². The van der Waals surface area contributed by atoms with E-state index in [0.717, 1.165) is 38.6 Å². The Labute approximate surface area is 72.2 Å². The molecule has 12 heavy (non-hydrogen) atoms. The van der Waals surface area contributed by atoms with Crippen molar-refractivity contribution in [1.82, 2.24) is 4.90 Å². The number of ether oxygens (including phenoxy) is 1. The summed E-state index contributed by atoms with van der Waals surface area (Å²) in [5.41, 5.74) is 5.42. The molecule has 0 spiro atoms. The van der Waals surface area contributed by atoms with Gasteiger partial charge in [-0.15, -0.1) is 0 Å². The van der Waals surface area contributed by atoms with Crippen LogP contribution in [0, 0.1) is 17.2 Å². The van der Waals surface area contributed by atoms with Crippen molar-refractivity contribution in [1.29, 1.82) is 5.41 Å². The zero-order chi connectivity index (χ0) is 8.55. The smallest absolute Gasteiger partial charge is 0.188 e. The summed E-state index contributed by atoms with van der Waals surface area (Å²) in [5, 5.41) is 7.30. The van der Waals surface area contributed by atoms with Gasteiger partial charge in [-0.2, -0.15) is 0 Å². The van der Waals surface area contributed by atoms with E-state index in [4.69, 9.17) is 15.9 Å². The van der Waals surface area contributed by atoms with E-state index in [1.54, 1.807) is 0 Å². The maximum absolute atomic E-state index is 7.30. The molecule has 0 bridgehead atoms. The van der Waals surface area contributed by atoms with Crippen LogP contribution in [0.5, 0.6) is 0 Å². The number of piperidine rings is 1. The van der Waals surface area contributed by atoms with Crippen molar-refractivity contribution in [2.45, 2.75) is 6.42 Å². The predicted molar refractivity (Wildman–Crippen MR) is 45.9 cm³/mol. The van der Waals surface area contributed by atoms with Gasteiger partial charge in [0, 0.05) is 25.6 Å². The van der Waals surface area contributed by atoms with Gasteiger partial charge in [-0.3, -0.25) is 5.41 Å². The molecule has 2 fully saturated rings. The fourth-order valence-corrected chi connectivity index (χ4v) is 2.08. The molecule has 2 heterocycles. The molecular weight excluding hydrogens is 154 g/mol. The van der Waals surface area contributed by atoms with E-state index in [-0.39, 0.29) is 5.96 Å². The Balaban J connectivity index is 1.96. The molecule has 0 amide bonds. The molecule has 2 aliphatic rings. The Morgan fingerprint density at radius 1 is 1.42 bits per heavy atom. The number of fused-ring (bicyclic) bond motifs is 1. The van der Waals surface area contributed by atoms with Crippen LogP contribution >= 0.6 is 0 Å². The van der Waals surface area contributed by atoms with Gasteiger partial charge in [0.15, 0.2) is 5.96 Å². The normalized spacial score (nSPS) is 34.8. The lowest BCUT2D eigenvalue weighted by Gasteiger charge is -2.33. The SMILES string of the molecule is N=C(N)N1CC[C@@H]2COC[C@@H]2C1. The number of hydrogen-bond donors (Lipinski definition) is 2. The summed E-state index contributed by atoms with van der Waals surface area (Å²) in [7, 11) is 0. The van der Waals surface area contributed by atoms with E-state index in [1.165, 1.54) is 0 Å². The van der Waals surface area contributed by atoms with Crippen molar-refractivity contribution in [2.75, 3.05) is 26.3 Å². The third kappa shape index (κ3) is 1.27. The Bertz CT molecular complexity index is 195. The number of likely N-dealkylation sites (tertiary alicyclic amines) is 1. The molecule has 68 valence electrons. The second-order valence-electron chi connectivity index (χ2n) is 3.68. The first-order chi connectivity index (χ1) is 5.77. The summed E-state index contributed by atoms with van der Waals surface area (Å²) in [5.74, 6) is 1.54. The van der Waals surface area contributed by atoms with Crippen molar-refractivity contribution in [2.24, 2.45) is 17.6 Å². The van der Waals surface area contributed by atoms with E-state index in [2.05, 4.69) is 0 Å². The highest BCUT2D eigenvalue weighted by molar-refractivity contribution is 5.74. The number of rotatable bonds is 0. The summed E-state index contributed by atoms with van der Waals surface area (Å²) in [6.45, 7) is 3.62. The molecule has 0 aromatic rings. The molecule has 0 radical (unpaired) electrons. The fraction of sp³-hybridized carbons (Fsp3) is 0.875. The van der Waals surface area contributed by atoms with Crippen molar-refractivity contribution in [3.8, 4) is 0 Å². The molecule has 2 saturated heterocycles. The van der Waals surface area contributed by atoms with Gasteiger partial charge in [-0.1, -0.05) is 0 Å². The first-order valence-electron chi connectivity index (χ1n) is 4.44.